The Morgan fingerprint density at radius 1 is 1.27 bits per heavy atom. The van der Waals surface area contributed by atoms with Gasteiger partial charge in [0.05, 0.1) is 4.92 Å². The molecule has 8 nitrogen and oxygen atoms in total. The molecule has 156 valence electrons. The van der Waals surface area contributed by atoms with Crippen molar-refractivity contribution in [2.24, 2.45) is 0 Å². The molecule has 0 N–H and O–H groups in total. The van der Waals surface area contributed by atoms with Gasteiger partial charge in [-0.15, -0.1) is 0 Å². The van der Waals surface area contributed by atoms with Crippen LogP contribution in [0.1, 0.15) is 36.5 Å². The van der Waals surface area contributed by atoms with Crippen LogP contribution in [0, 0.1) is 15.9 Å². The van der Waals surface area contributed by atoms with Crippen LogP contribution in [0.3, 0.4) is 0 Å². The number of carbonyl (C=O) groups is 1. The fourth-order valence-corrected chi connectivity index (χ4v) is 2.95. The molecule has 1 amide bonds. The molecule has 0 aliphatic carbocycles. The van der Waals surface area contributed by atoms with E-state index in [0.717, 1.165) is 6.42 Å². The predicted octanol–water partition coefficient (Wildman–Crippen LogP) is 4.27. The molecule has 0 aliphatic rings. The summed E-state index contributed by atoms with van der Waals surface area (Å²) in [7, 11) is 0. The fourth-order valence-electron chi connectivity index (χ4n) is 2.95. The molecular weight excluding hydrogens is 391 g/mol. The standard InChI is InChI=1S/C21H21FN4O4/c1-3-14(2)25(21(27)16-5-4-6-17(22)13-16)12-11-19-23-20(24-30-19)15-7-9-18(10-8-15)26(28)29/h4-10,13-14H,3,11-12H2,1-2H3/t14-/m1/s1. The first-order valence-electron chi connectivity index (χ1n) is 9.53. The number of amides is 1. The topological polar surface area (TPSA) is 102 Å². The van der Waals surface area contributed by atoms with Gasteiger partial charge in [0.2, 0.25) is 11.7 Å². The summed E-state index contributed by atoms with van der Waals surface area (Å²) in [6, 6.07) is 11.4. The molecule has 0 saturated heterocycles. The van der Waals surface area contributed by atoms with Gasteiger partial charge in [-0.25, -0.2) is 4.39 Å². The highest BCUT2D eigenvalue weighted by molar-refractivity contribution is 5.94. The van der Waals surface area contributed by atoms with Gasteiger partial charge < -0.3 is 9.42 Å². The van der Waals surface area contributed by atoms with Crippen LogP contribution in [0.25, 0.3) is 11.4 Å². The zero-order valence-electron chi connectivity index (χ0n) is 16.6. The van der Waals surface area contributed by atoms with E-state index in [1.807, 2.05) is 13.8 Å². The average Bonchev–Trinajstić information content (AvgIpc) is 3.22. The number of carbonyl (C=O) groups excluding carboxylic acids is 1. The van der Waals surface area contributed by atoms with E-state index in [1.54, 1.807) is 23.1 Å². The van der Waals surface area contributed by atoms with E-state index in [9.17, 15) is 19.3 Å². The number of nitrogens with zero attached hydrogens (tertiary/aromatic N) is 4. The van der Waals surface area contributed by atoms with Crippen LogP contribution in [0.5, 0.6) is 0 Å². The third-order valence-electron chi connectivity index (χ3n) is 4.83. The van der Waals surface area contributed by atoms with Gasteiger partial charge in [0.25, 0.3) is 11.6 Å². The highest BCUT2D eigenvalue weighted by atomic mass is 19.1. The summed E-state index contributed by atoms with van der Waals surface area (Å²) >= 11 is 0. The van der Waals surface area contributed by atoms with Crippen molar-refractivity contribution >= 4 is 11.6 Å². The van der Waals surface area contributed by atoms with Crippen molar-refractivity contribution in [2.75, 3.05) is 6.54 Å². The summed E-state index contributed by atoms with van der Waals surface area (Å²) in [4.78, 5) is 29.1. The number of rotatable bonds is 8. The lowest BCUT2D eigenvalue weighted by atomic mass is 10.1. The third-order valence-corrected chi connectivity index (χ3v) is 4.83. The summed E-state index contributed by atoms with van der Waals surface area (Å²) < 4.78 is 18.8. The normalized spacial score (nSPS) is 11.8. The van der Waals surface area contributed by atoms with Crippen molar-refractivity contribution in [1.82, 2.24) is 15.0 Å². The molecule has 0 saturated carbocycles. The maximum absolute atomic E-state index is 13.5. The van der Waals surface area contributed by atoms with Crippen molar-refractivity contribution in [3.63, 3.8) is 0 Å². The van der Waals surface area contributed by atoms with Crippen molar-refractivity contribution < 1.29 is 18.6 Å². The lowest BCUT2D eigenvalue weighted by molar-refractivity contribution is -0.384. The van der Waals surface area contributed by atoms with Crippen LogP contribution in [0.4, 0.5) is 10.1 Å². The fraction of sp³-hybridized carbons (Fsp3) is 0.286. The second-order valence-corrected chi connectivity index (χ2v) is 6.83. The minimum Gasteiger partial charge on any atom is -0.339 e. The van der Waals surface area contributed by atoms with Gasteiger partial charge in [-0.3, -0.25) is 14.9 Å². The van der Waals surface area contributed by atoms with Crippen LogP contribution in [-0.2, 0) is 6.42 Å². The molecule has 0 bridgehead atoms. The van der Waals surface area contributed by atoms with Crippen LogP contribution in [0.15, 0.2) is 53.1 Å². The van der Waals surface area contributed by atoms with E-state index in [1.165, 1.54) is 30.3 Å². The summed E-state index contributed by atoms with van der Waals surface area (Å²) in [5.74, 6) is -0.0799. The zero-order chi connectivity index (χ0) is 21.7. The van der Waals surface area contributed by atoms with Crippen LogP contribution in [-0.4, -0.2) is 38.5 Å². The molecule has 9 heteroatoms. The Labute approximate surface area is 172 Å². The maximum Gasteiger partial charge on any atom is 0.269 e. The van der Waals surface area contributed by atoms with E-state index in [4.69, 9.17) is 4.52 Å². The van der Waals surface area contributed by atoms with Crippen molar-refractivity contribution in [3.05, 3.63) is 75.9 Å². The Morgan fingerprint density at radius 3 is 2.63 bits per heavy atom. The van der Waals surface area contributed by atoms with Crippen LogP contribution < -0.4 is 0 Å². The monoisotopic (exact) mass is 412 g/mol. The highest BCUT2D eigenvalue weighted by Gasteiger charge is 2.22. The Bertz CT molecular complexity index is 1040. The lowest BCUT2D eigenvalue weighted by Crippen LogP contribution is -2.39. The molecule has 1 heterocycles. The van der Waals surface area contributed by atoms with E-state index < -0.39 is 10.7 Å². The van der Waals surface area contributed by atoms with Crippen LogP contribution >= 0.6 is 0 Å². The molecule has 30 heavy (non-hydrogen) atoms. The number of nitro groups is 1. The number of benzene rings is 2. The van der Waals surface area contributed by atoms with Gasteiger partial charge in [0.15, 0.2) is 0 Å². The summed E-state index contributed by atoms with van der Waals surface area (Å²) in [5.41, 5.74) is 0.847. The summed E-state index contributed by atoms with van der Waals surface area (Å²) in [5, 5.41) is 14.7. The Kier molecular flexibility index (Phi) is 6.51. The van der Waals surface area contributed by atoms with E-state index in [-0.39, 0.29) is 23.2 Å². The van der Waals surface area contributed by atoms with E-state index >= 15 is 0 Å². The first-order valence-corrected chi connectivity index (χ1v) is 9.53. The van der Waals surface area contributed by atoms with Crippen molar-refractivity contribution in [3.8, 4) is 11.4 Å². The largest absolute Gasteiger partial charge is 0.339 e. The number of hydrogen-bond acceptors (Lipinski definition) is 6. The summed E-state index contributed by atoms with van der Waals surface area (Å²) in [6.45, 7) is 4.22. The van der Waals surface area contributed by atoms with E-state index in [2.05, 4.69) is 10.1 Å². The number of aromatic nitrogens is 2. The van der Waals surface area contributed by atoms with E-state index in [0.29, 0.717) is 30.2 Å². The van der Waals surface area contributed by atoms with Gasteiger partial charge in [-0.2, -0.15) is 4.98 Å². The van der Waals surface area contributed by atoms with Gasteiger partial charge in [-0.1, -0.05) is 18.1 Å². The smallest absolute Gasteiger partial charge is 0.269 e. The van der Waals surface area contributed by atoms with Gasteiger partial charge in [0, 0.05) is 42.3 Å². The molecule has 0 fully saturated rings. The van der Waals surface area contributed by atoms with Crippen molar-refractivity contribution in [1.29, 1.82) is 0 Å². The molecule has 1 atom stereocenters. The highest BCUT2D eigenvalue weighted by Crippen LogP contribution is 2.20. The average molecular weight is 412 g/mol. The molecule has 0 spiro atoms. The van der Waals surface area contributed by atoms with Gasteiger partial charge in [0.1, 0.15) is 5.82 Å². The molecule has 0 radical (unpaired) electrons. The minimum absolute atomic E-state index is 0.0254. The number of non-ortho nitro benzene ring substituents is 1. The molecular formula is C21H21FN4O4. The quantitative estimate of drug-likeness (QED) is 0.404. The SMILES string of the molecule is CC[C@@H](C)N(CCc1nc(-c2ccc([N+](=O)[O-])cc2)no1)C(=O)c1cccc(F)c1. The number of nitro benzene ring substituents is 1. The first kappa shape index (κ1) is 21.1. The second kappa shape index (κ2) is 9.25. The number of halogens is 1. The molecule has 1 aromatic heterocycles. The first-order chi connectivity index (χ1) is 14.4. The molecule has 0 aliphatic heterocycles. The molecule has 2 aromatic carbocycles. The zero-order valence-corrected chi connectivity index (χ0v) is 16.6. The predicted molar refractivity (Wildman–Crippen MR) is 107 cm³/mol. The molecule has 3 rings (SSSR count). The summed E-state index contributed by atoms with van der Waals surface area (Å²) in [6.07, 6.45) is 1.06. The number of hydrogen-bond donors (Lipinski definition) is 0. The second-order valence-electron chi connectivity index (χ2n) is 6.83. The van der Waals surface area contributed by atoms with Gasteiger partial charge in [-0.05, 0) is 43.7 Å². The van der Waals surface area contributed by atoms with Crippen LogP contribution in [0.2, 0.25) is 0 Å². The Morgan fingerprint density at radius 2 is 2.00 bits per heavy atom. The molecule has 3 aromatic rings. The van der Waals surface area contributed by atoms with Crippen molar-refractivity contribution in [2.45, 2.75) is 32.7 Å². The maximum atomic E-state index is 13.5. The Balaban J connectivity index is 1.71. The minimum atomic E-state index is -0.482. The Hall–Kier alpha value is -3.62. The third kappa shape index (κ3) is 4.86. The lowest BCUT2D eigenvalue weighted by Gasteiger charge is -2.28. The van der Waals surface area contributed by atoms with Gasteiger partial charge >= 0.3 is 0 Å². The molecule has 0 unspecified atom stereocenters.